The monoisotopic (exact) mass is 360 g/mol. The molecule has 0 unspecified atom stereocenters. The normalized spacial score (nSPS) is 9.84. The van der Waals surface area contributed by atoms with E-state index in [2.05, 4.69) is 14.7 Å². The van der Waals surface area contributed by atoms with E-state index in [0.717, 1.165) is 5.56 Å². The Morgan fingerprint density at radius 1 is 1.00 bits per heavy atom. The second kappa shape index (κ2) is 9.21. The number of hydrogen-bond acceptors (Lipinski definition) is 4. The molecule has 130 valence electrons. The van der Waals surface area contributed by atoms with E-state index >= 15 is 0 Å². The van der Waals surface area contributed by atoms with E-state index in [-0.39, 0.29) is 16.6 Å². The van der Waals surface area contributed by atoms with Crippen LogP contribution in [0.4, 0.5) is 5.69 Å². The summed E-state index contributed by atoms with van der Waals surface area (Å²) in [5.74, 6) is -0.138. The van der Waals surface area contributed by atoms with Crippen molar-refractivity contribution in [1.82, 2.24) is 0 Å². The summed E-state index contributed by atoms with van der Waals surface area (Å²) in [6, 6.07) is 14.5. The van der Waals surface area contributed by atoms with E-state index in [1.54, 1.807) is 6.92 Å². The summed E-state index contributed by atoms with van der Waals surface area (Å²) in [5.41, 5.74) is 9.30. The minimum Gasteiger partial charge on any atom is -0.326 e. The van der Waals surface area contributed by atoms with Gasteiger partial charge >= 0.3 is 0 Å². The van der Waals surface area contributed by atoms with Crippen LogP contribution in [-0.4, -0.2) is 20.1 Å². The molecular weight excluding hydrogens is 344 g/mol. The Labute approximate surface area is 145 Å². The van der Waals surface area contributed by atoms with Gasteiger partial charge in [-0.3, -0.25) is 9.59 Å². The van der Waals surface area contributed by atoms with Crippen LogP contribution < -0.4 is 5.32 Å². The lowest BCUT2D eigenvalue weighted by Crippen LogP contribution is -2.05. The van der Waals surface area contributed by atoms with Crippen molar-refractivity contribution in [3.63, 3.8) is 0 Å². The van der Waals surface area contributed by atoms with Gasteiger partial charge in [0.2, 0.25) is 5.91 Å². The standard InChI is InChI=1S/C8H8N4O3S.C8H8O/c1-6(13)10-7-2-4-8(5-3-7)16(14,15)12-11-9;1-7(9)8-5-3-2-4-6-8/h2-5H,1H3,(H,10,13);2-6H,1H3. The molecule has 0 saturated carbocycles. The molecule has 1 amide bonds. The molecule has 0 bridgehead atoms. The van der Waals surface area contributed by atoms with Crippen LogP contribution in [0.1, 0.15) is 24.2 Å². The van der Waals surface area contributed by atoms with Crippen molar-refractivity contribution in [2.45, 2.75) is 18.7 Å². The van der Waals surface area contributed by atoms with Gasteiger partial charge in [0.05, 0.1) is 4.90 Å². The Morgan fingerprint density at radius 3 is 1.96 bits per heavy atom. The first-order valence-electron chi connectivity index (χ1n) is 7.01. The lowest BCUT2D eigenvalue weighted by Gasteiger charge is -2.02. The molecule has 0 fully saturated rings. The second-order valence-electron chi connectivity index (χ2n) is 4.77. The Bertz CT molecular complexity index is 887. The van der Waals surface area contributed by atoms with Crippen molar-refractivity contribution in [1.29, 1.82) is 0 Å². The molecule has 0 aliphatic rings. The molecule has 25 heavy (non-hydrogen) atoms. The average Bonchev–Trinajstić information content (AvgIpc) is 2.56. The van der Waals surface area contributed by atoms with E-state index in [1.807, 2.05) is 30.3 Å². The molecule has 0 spiro atoms. The van der Waals surface area contributed by atoms with E-state index < -0.39 is 10.0 Å². The summed E-state index contributed by atoms with van der Waals surface area (Å²) < 4.78 is 25.2. The van der Waals surface area contributed by atoms with Gasteiger partial charge in [0.25, 0.3) is 10.0 Å². The number of nitrogens with one attached hydrogen (secondary N) is 1. The summed E-state index contributed by atoms with van der Waals surface area (Å²) in [4.78, 5) is 23.4. The van der Waals surface area contributed by atoms with E-state index in [1.165, 1.54) is 31.2 Å². The third-order valence-electron chi connectivity index (χ3n) is 2.80. The van der Waals surface area contributed by atoms with Crippen LogP contribution in [-0.2, 0) is 14.8 Å². The van der Waals surface area contributed by atoms with Crippen molar-refractivity contribution in [2.24, 2.45) is 4.52 Å². The maximum atomic E-state index is 11.3. The van der Waals surface area contributed by atoms with Crippen molar-refractivity contribution in [3.8, 4) is 0 Å². The Balaban J connectivity index is 0.000000293. The first-order chi connectivity index (χ1) is 11.8. The van der Waals surface area contributed by atoms with Crippen LogP contribution in [0, 0.1) is 0 Å². The zero-order valence-corrected chi connectivity index (χ0v) is 14.4. The number of azide groups is 1. The number of rotatable bonds is 4. The zero-order valence-electron chi connectivity index (χ0n) is 13.6. The van der Waals surface area contributed by atoms with Crippen molar-refractivity contribution < 1.29 is 18.0 Å². The molecule has 0 heterocycles. The van der Waals surface area contributed by atoms with Crippen LogP contribution in [0.15, 0.2) is 64.0 Å². The minimum absolute atomic E-state index is 0.121. The van der Waals surface area contributed by atoms with Gasteiger partial charge in [-0.15, -0.1) is 0 Å². The molecule has 0 aromatic heterocycles. The highest BCUT2D eigenvalue weighted by atomic mass is 32.2. The number of sulfonamides is 1. The lowest BCUT2D eigenvalue weighted by molar-refractivity contribution is -0.114. The number of nitrogens with zero attached hydrogens (tertiary/aromatic N) is 3. The third-order valence-corrected chi connectivity index (χ3v) is 3.95. The summed E-state index contributed by atoms with van der Waals surface area (Å²) in [6.07, 6.45) is 0. The molecule has 0 aliphatic heterocycles. The van der Waals surface area contributed by atoms with Gasteiger partial charge in [0.1, 0.15) is 0 Å². The fraction of sp³-hybridized carbons (Fsp3) is 0.125. The van der Waals surface area contributed by atoms with Gasteiger partial charge in [0.15, 0.2) is 5.78 Å². The van der Waals surface area contributed by atoms with Gasteiger partial charge in [-0.2, -0.15) is 0 Å². The first-order valence-corrected chi connectivity index (χ1v) is 8.45. The van der Waals surface area contributed by atoms with Gasteiger partial charge in [-0.25, -0.2) is 8.42 Å². The molecule has 1 N–H and O–H groups in total. The fourth-order valence-corrected chi connectivity index (χ4v) is 2.35. The second-order valence-corrected chi connectivity index (χ2v) is 6.36. The number of benzene rings is 2. The molecular formula is C16H16N4O4S. The highest BCUT2D eigenvalue weighted by molar-refractivity contribution is 7.90. The van der Waals surface area contributed by atoms with Gasteiger partial charge < -0.3 is 5.32 Å². The van der Waals surface area contributed by atoms with Crippen LogP contribution in [0.5, 0.6) is 0 Å². The van der Waals surface area contributed by atoms with Crippen molar-refractivity contribution >= 4 is 27.4 Å². The fourth-order valence-electron chi connectivity index (χ4n) is 1.68. The van der Waals surface area contributed by atoms with E-state index in [4.69, 9.17) is 5.53 Å². The molecule has 8 nitrogen and oxygen atoms in total. The largest absolute Gasteiger partial charge is 0.326 e. The van der Waals surface area contributed by atoms with Crippen LogP contribution in [0.2, 0.25) is 0 Å². The highest BCUT2D eigenvalue weighted by Crippen LogP contribution is 2.16. The number of Topliss-reactive ketones (excluding diaryl/α,β-unsaturated/α-hetero) is 1. The molecule has 0 saturated heterocycles. The van der Waals surface area contributed by atoms with Gasteiger partial charge in [0, 0.05) is 27.6 Å². The Kier molecular flexibility index (Phi) is 7.33. The zero-order chi connectivity index (χ0) is 18.9. The lowest BCUT2D eigenvalue weighted by atomic mass is 10.2. The van der Waals surface area contributed by atoms with Crippen molar-refractivity contribution in [2.75, 3.05) is 5.32 Å². The molecule has 0 aliphatic carbocycles. The smallest absolute Gasteiger partial charge is 0.264 e. The van der Waals surface area contributed by atoms with Crippen LogP contribution in [0.25, 0.3) is 10.4 Å². The summed E-state index contributed by atoms with van der Waals surface area (Å²) >= 11 is 0. The summed E-state index contributed by atoms with van der Waals surface area (Å²) in [6.45, 7) is 2.90. The summed E-state index contributed by atoms with van der Waals surface area (Å²) in [7, 11) is -3.96. The molecule has 0 atom stereocenters. The quantitative estimate of drug-likeness (QED) is 0.387. The maximum absolute atomic E-state index is 11.3. The predicted molar refractivity (Wildman–Crippen MR) is 93.5 cm³/mol. The molecule has 2 aromatic rings. The number of ketones is 1. The molecule has 2 rings (SSSR count). The number of carbonyl (C=O) groups excluding carboxylic acids is 2. The van der Waals surface area contributed by atoms with Crippen molar-refractivity contribution in [3.05, 3.63) is 70.6 Å². The predicted octanol–water partition coefficient (Wildman–Crippen LogP) is 3.53. The third kappa shape index (κ3) is 6.86. The number of anilines is 1. The topological polar surface area (TPSA) is 129 Å². The Hall–Kier alpha value is -3.16. The number of hydrogen-bond donors (Lipinski definition) is 1. The molecule has 9 heteroatoms. The van der Waals surface area contributed by atoms with Crippen LogP contribution >= 0.6 is 0 Å². The SMILES string of the molecule is CC(=O)Nc1ccc(S(=O)(=O)N=[N+]=[N-])cc1.CC(=O)c1ccccc1. The number of amides is 1. The molecule has 2 aromatic carbocycles. The Morgan fingerprint density at radius 2 is 1.56 bits per heavy atom. The van der Waals surface area contributed by atoms with Gasteiger partial charge in [-0.05, 0) is 36.7 Å². The highest BCUT2D eigenvalue weighted by Gasteiger charge is 2.11. The average molecular weight is 360 g/mol. The molecule has 0 radical (unpaired) electrons. The van der Waals surface area contributed by atoms with E-state index in [0.29, 0.717) is 5.69 Å². The maximum Gasteiger partial charge on any atom is 0.264 e. The number of carbonyl (C=O) groups is 2. The minimum atomic E-state index is -3.96. The first kappa shape index (κ1) is 19.9. The van der Waals surface area contributed by atoms with Crippen LogP contribution in [0.3, 0.4) is 0 Å². The van der Waals surface area contributed by atoms with E-state index in [9.17, 15) is 18.0 Å². The van der Waals surface area contributed by atoms with Gasteiger partial charge in [-0.1, -0.05) is 30.3 Å². The summed E-state index contributed by atoms with van der Waals surface area (Å²) in [5, 5.41) is 2.48.